The van der Waals surface area contributed by atoms with E-state index in [-0.39, 0.29) is 5.25 Å². The topological polar surface area (TPSA) is 90.8 Å². The summed E-state index contributed by atoms with van der Waals surface area (Å²) in [5, 5.41) is 6.99. The summed E-state index contributed by atoms with van der Waals surface area (Å²) >= 11 is 0. The number of nitrogens with zero attached hydrogens (tertiary/aromatic N) is 3. The van der Waals surface area contributed by atoms with Crippen molar-refractivity contribution in [3.8, 4) is 0 Å². The van der Waals surface area contributed by atoms with Gasteiger partial charge in [0, 0.05) is 37.4 Å². The Hall–Kier alpha value is -1.88. The minimum absolute atomic E-state index is 0.135. The summed E-state index contributed by atoms with van der Waals surface area (Å²) in [6.45, 7) is 4.83. The number of hydrogen-bond acceptors (Lipinski definition) is 5. The standard InChI is InChI=1S/C16H23N3O2S.C2HF3O2/c1-12-2-5-14-11-19(22(20,21)15-6-7-15)9-8-18(16(14)17-12)10-13-3-4-13;3-2(4,5)1(6)7/h2,5,13,15H,3-4,6-11H2,1H3;(H,6,7). The number of carbonyl (C=O) groups is 1. The Kier molecular flexibility index (Phi) is 6.09. The molecule has 1 aromatic rings. The molecular formula is C18H24F3N3O4S. The predicted molar refractivity (Wildman–Crippen MR) is 100.0 cm³/mol. The molecule has 1 aromatic heterocycles. The van der Waals surface area contributed by atoms with Crippen LogP contribution in [0, 0.1) is 12.8 Å². The lowest BCUT2D eigenvalue weighted by atomic mass is 10.2. The molecule has 2 aliphatic carbocycles. The Bertz CT molecular complexity index is 868. The van der Waals surface area contributed by atoms with Crippen LogP contribution in [-0.4, -0.2) is 59.8 Å². The number of halogens is 3. The van der Waals surface area contributed by atoms with Gasteiger partial charge in [0.2, 0.25) is 10.0 Å². The minimum atomic E-state index is -5.08. The second-order valence-corrected chi connectivity index (χ2v) is 9.92. The van der Waals surface area contributed by atoms with Crippen molar-refractivity contribution >= 4 is 21.8 Å². The molecule has 0 aromatic carbocycles. The number of rotatable bonds is 4. The zero-order valence-electron chi connectivity index (χ0n) is 16.0. The zero-order chi connectivity index (χ0) is 21.4. The summed E-state index contributed by atoms with van der Waals surface area (Å²) in [6.07, 6.45) is -0.850. The molecule has 11 heteroatoms. The lowest BCUT2D eigenvalue weighted by molar-refractivity contribution is -0.192. The number of carboxylic acid groups (broad SMARTS) is 1. The van der Waals surface area contributed by atoms with Crippen LogP contribution in [0.5, 0.6) is 0 Å². The number of hydrogen-bond donors (Lipinski definition) is 1. The number of carboxylic acids is 1. The van der Waals surface area contributed by atoms with Crippen LogP contribution >= 0.6 is 0 Å². The summed E-state index contributed by atoms with van der Waals surface area (Å²) < 4.78 is 58.6. The quantitative estimate of drug-likeness (QED) is 0.782. The number of anilines is 1. The van der Waals surface area contributed by atoms with Crippen molar-refractivity contribution in [2.24, 2.45) is 5.92 Å². The van der Waals surface area contributed by atoms with Crippen molar-refractivity contribution in [2.75, 3.05) is 24.5 Å². The summed E-state index contributed by atoms with van der Waals surface area (Å²) in [4.78, 5) is 15.9. The van der Waals surface area contributed by atoms with Gasteiger partial charge in [0.25, 0.3) is 0 Å². The molecule has 0 radical (unpaired) electrons. The molecule has 0 saturated heterocycles. The Labute approximate surface area is 167 Å². The molecule has 29 heavy (non-hydrogen) atoms. The van der Waals surface area contributed by atoms with Gasteiger partial charge < -0.3 is 10.0 Å². The van der Waals surface area contributed by atoms with E-state index >= 15 is 0 Å². The molecule has 0 amide bonds. The molecule has 1 N–H and O–H groups in total. The summed E-state index contributed by atoms with van der Waals surface area (Å²) in [7, 11) is -3.12. The number of aromatic nitrogens is 1. The Balaban J connectivity index is 0.000000298. The molecule has 0 atom stereocenters. The SMILES string of the molecule is Cc1ccc2c(n1)N(CC1CC1)CCN(S(=O)(=O)C1CC1)C2.O=C(O)C(F)(F)F. The van der Waals surface area contributed by atoms with Crippen molar-refractivity contribution in [3.63, 3.8) is 0 Å². The smallest absolute Gasteiger partial charge is 0.475 e. The first-order valence-corrected chi connectivity index (χ1v) is 11.0. The van der Waals surface area contributed by atoms with Crippen LogP contribution in [0.2, 0.25) is 0 Å². The highest BCUT2D eigenvalue weighted by molar-refractivity contribution is 7.90. The lowest BCUT2D eigenvalue weighted by Crippen LogP contribution is -2.37. The van der Waals surface area contributed by atoms with E-state index in [2.05, 4.69) is 11.0 Å². The molecule has 3 aliphatic rings. The van der Waals surface area contributed by atoms with E-state index in [4.69, 9.17) is 14.9 Å². The van der Waals surface area contributed by atoms with Crippen molar-refractivity contribution < 1.29 is 31.5 Å². The average Bonchev–Trinajstić information content (AvgIpc) is 3.50. The highest BCUT2D eigenvalue weighted by Gasteiger charge is 2.41. The highest BCUT2D eigenvalue weighted by atomic mass is 32.2. The molecular weight excluding hydrogens is 411 g/mol. The van der Waals surface area contributed by atoms with Crippen LogP contribution in [0.3, 0.4) is 0 Å². The van der Waals surface area contributed by atoms with Crippen LogP contribution in [0.4, 0.5) is 19.0 Å². The number of aliphatic carboxylic acids is 1. The van der Waals surface area contributed by atoms with Gasteiger partial charge >= 0.3 is 12.1 Å². The van der Waals surface area contributed by atoms with Gasteiger partial charge in [0.15, 0.2) is 0 Å². The maximum absolute atomic E-state index is 12.6. The van der Waals surface area contributed by atoms with Gasteiger partial charge in [-0.05, 0) is 44.6 Å². The fourth-order valence-electron chi connectivity index (χ4n) is 3.16. The molecule has 0 bridgehead atoms. The van der Waals surface area contributed by atoms with Gasteiger partial charge in [-0.2, -0.15) is 17.5 Å². The third-order valence-electron chi connectivity index (χ3n) is 5.08. The molecule has 162 valence electrons. The highest BCUT2D eigenvalue weighted by Crippen LogP contribution is 2.36. The van der Waals surface area contributed by atoms with Crippen molar-refractivity contribution in [2.45, 2.75) is 50.6 Å². The Morgan fingerprint density at radius 3 is 2.34 bits per heavy atom. The normalized spacial score (nSPS) is 20.3. The first-order valence-electron chi connectivity index (χ1n) is 9.49. The summed E-state index contributed by atoms with van der Waals surface area (Å²) in [6, 6.07) is 4.04. The van der Waals surface area contributed by atoms with E-state index in [1.54, 1.807) is 4.31 Å². The van der Waals surface area contributed by atoms with Crippen molar-refractivity contribution in [3.05, 3.63) is 23.4 Å². The number of sulfonamides is 1. The van der Waals surface area contributed by atoms with E-state index < -0.39 is 22.2 Å². The largest absolute Gasteiger partial charge is 0.490 e. The lowest BCUT2D eigenvalue weighted by Gasteiger charge is -2.24. The molecule has 0 spiro atoms. The summed E-state index contributed by atoms with van der Waals surface area (Å²) in [5.74, 6) is -0.991. The van der Waals surface area contributed by atoms with Gasteiger partial charge in [0.05, 0.1) is 5.25 Å². The molecule has 2 fully saturated rings. The minimum Gasteiger partial charge on any atom is -0.475 e. The van der Waals surface area contributed by atoms with Crippen molar-refractivity contribution in [1.82, 2.24) is 9.29 Å². The molecule has 0 unspecified atom stereocenters. The molecule has 2 saturated carbocycles. The average molecular weight is 435 g/mol. The Morgan fingerprint density at radius 2 is 1.83 bits per heavy atom. The van der Waals surface area contributed by atoms with Crippen LogP contribution in [-0.2, 0) is 21.4 Å². The third-order valence-corrected chi connectivity index (χ3v) is 7.43. The van der Waals surface area contributed by atoms with Crippen LogP contribution in [0.1, 0.15) is 36.9 Å². The molecule has 7 nitrogen and oxygen atoms in total. The van der Waals surface area contributed by atoms with Crippen LogP contribution < -0.4 is 4.90 Å². The van der Waals surface area contributed by atoms with E-state index in [9.17, 15) is 21.6 Å². The summed E-state index contributed by atoms with van der Waals surface area (Å²) in [5.41, 5.74) is 2.05. The van der Waals surface area contributed by atoms with E-state index in [0.29, 0.717) is 13.1 Å². The zero-order valence-corrected chi connectivity index (χ0v) is 16.8. The first kappa shape index (κ1) is 21.8. The van der Waals surface area contributed by atoms with Gasteiger partial charge in [-0.1, -0.05) is 6.07 Å². The maximum atomic E-state index is 12.6. The van der Waals surface area contributed by atoms with Gasteiger partial charge in [0.1, 0.15) is 5.82 Å². The predicted octanol–water partition coefficient (Wildman–Crippen LogP) is 2.55. The monoisotopic (exact) mass is 435 g/mol. The number of alkyl halides is 3. The Morgan fingerprint density at radius 1 is 1.21 bits per heavy atom. The molecule has 4 rings (SSSR count). The van der Waals surface area contributed by atoms with E-state index in [1.807, 2.05) is 13.0 Å². The number of fused-ring (bicyclic) bond motifs is 1. The molecule has 1 aliphatic heterocycles. The second-order valence-electron chi connectivity index (χ2n) is 7.71. The van der Waals surface area contributed by atoms with Gasteiger partial charge in [-0.15, -0.1) is 0 Å². The number of aryl methyl sites for hydroxylation is 1. The maximum Gasteiger partial charge on any atom is 0.490 e. The van der Waals surface area contributed by atoms with Crippen LogP contribution in [0.25, 0.3) is 0 Å². The van der Waals surface area contributed by atoms with E-state index in [0.717, 1.165) is 48.9 Å². The first-order chi connectivity index (χ1) is 13.5. The van der Waals surface area contributed by atoms with Crippen LogP contribution in [0.15, 0.2) is 12.1 Å². The third kappa shape index (κ3) is 5.59. The fraction of sp³-hybridized carbons (Fsp3) is 0.667. The van der Waals surface area contributed by atoms with E-state index in [1.165, 1.54) is 12.8 Å². The van der Waals surface area contributed by atoms with Gasteiger partial charge in [-0.3, -0.25) is 0 Å². The second kappa shape index (κ2) is 8.10. The number of pyridine rings is 1. The fourth-order valence-corrected chi connectivity index (χ4v) is 4.97. The van der Waals surface area contributed by atoms with Crippen molar-refractivity contribution in [1.29, 1.82) is 0 Å². The van der Waals surface area contributed by atoms with Gasteiger partial charge in [-0.25, -0.2) is 18.2 Å². The molecule has 2 heterocycles.